The number of hydrogen-bond acceptors (Lipinski definition) is 9. The number of carbonyl (C=O) groups is 2. The van der Waals surface area contributed by atoms with Gasteiger partial charge in [0.25, 0.3) is 0 Å². The average molecular weight is 833 g/mol. The molecule has 10 nitrogen and oxygen atoms in total. The molecule has 0 aromatic rings. The minimum absolute atomic E-state index is 0.187. The van der Waals surface area contributed by atoms with Gasteiger partial charge in [0, 0.05) is 12.8 Å². The van der Waals surface area contributed by atoms with E-state index >= 15 is 0 Å². The van der Waals surface area contributed by atoms with Gasteiger partial charge in [0.05, 0.1) is 19.8 Å². The van der Waals surface area contributed by atoms with Crippen LogP contribution in [0.25, 0.3) is 0 Å². The molecule has 0 fully saturated rings. The molecule has 0 bridgehead atoms. The molecule has 0 aromatic carbocycles. The van der Waals surface area contributed by atoms with Gasteiger partial charge in [-0.15, -0.1) is 0 Å². The summed E-state index contributed by atoms with van der Waals surface area (Å²) in [6, 6.07) is 0. The summed E-state index contributed by atoms with van der Waals surface area (Å²) < 4.78 is 32.8. The highest BCUT2D eigenvalue weighted by Crippen LogP contribution is 2.43. The number of hydrogen-bond donors (Lipinski definition) is 3. The number of aliphatic hydroxyl groups is 2. The molecule has 11 heteroatoms. The van der Waals surface area contributed by atoms with Crippen LogP contribution in [0.15, 0.2) is 12.2 Å². The van der Waals surface area contributed by atoms with Crippen molar-refractivity contribution in [2.24, 2.45) is 0 Å². The van der Waals surface area contributed by atoms with E-state index in [0.717, 1.165) is 44.9 Å². The molecule has 1 unspecified atom stereocenters. The van der Waals surface area contributed by atoms with Gasteiger partial charge in [0.2, 0.25) is 0 Å². The Kier molecular flexibility index (Phi) is 41.9. The molecule has 0 heterocycles. The van der Waals surface area contributed by atoms with Crippen LogP contribution < -0.4 is 0 Å². The lowest BCUT2D eigenvalue weighted by atomic mass is 10.0. The highest BCUT2D eigenvalue weighted by Gasteiger charge is 2.27. The molecule has 0 saturated heterocycles. The van der Waals surface area contributed by atoms with Crippen LogP contribution in [-0.4, -0.2) is 65.7 Å². The molecular formula is C46H89O10P. The van der Waals surface area contributed by atoms with E-state index in [1.165, 1.54) is 148 Å². The number of phosphoric acid groups is 1. The fourth-order valence-electron chi connectivity index (χ4n) is 6.75. The molecule has 0 amide bonds. The van der Waals surface area contributed by atoms with Crippen molar-refractivity contribution < 1.29 is 47.8 Å². The Bertz CT molecular complexity index is 961. The van der Waals surface area contributed by atoms with Gasteiger partial charge in [-0.05, 0) is 38.5 Å². The SMILES string of the molecule is CCCCCCCC/C=C/CCCCCC(=O)OC[C@H](COP(=O)(O)OC[C@@H](O)CO)OC(=O)CCCCCCCCCCCCCCCCCCCCCCC. The lowest BCUT2D eigenvalue weighted by molar-refractivity contribution is -0.161. The molecule has 0 aromatic heterocycles. The van der Waals surface area contributed by atoms with E-state index in [-0.39, 0.29) is 19.4 Å². The van der Waals surface area contributed by atoms with Crippen LogP contribution in [0, 0.1) is 0 Å². The molecule has 3 N–H and O–H groups in total. The Morgan fingerprint density at radius 1 is 0.509 bits per heavy atom. The first-order valence-electron chi connectivity index (χ1n) is 23.6. The predicted octanol–water partition coefficient (Wildman–Crippen LogP) is 12.8. The van der Waals surface area contributed by atoms with Crippen molar-refractivity contribution >= 4 is 19.8 Å². The average Bonchev–Trinajstić information content (AvgIpc) is 3.20. The van der Waals surface area contributed by atoms with Gasteiger partial charge in [0.1, 0.15) is 12.7 Å². The quantitative estimate of drug-likeness (QED) is 0.0234. The van der Waals surface area contributed by atoms with Gasteiger partial charge in [-0.3, -0.25) is 18.6 Å². The third-order valence-corrected chi connectivity index (χ3v) is 11.4. The first-order valence-corrected chi connectivity index (χ1v) is 25.1. The molecule has 0 rings (SSSR count). The largest absolute Gasteiger partial charge is 0.472 e. The number of phosphoric ester groups is 1. The summed E-state index contributed by atoms with van der Waals surface area (Å²) >= 11 is 0. The first kappa shape index (κ1) is 55.7. The highest BCUT2D eigenvalue weighted by atomic mass is 31.2. The number of aliphatic hydroxyl groups excluding tert-OH is 2. The zero-order chi connectivity index (χ0) is 41.9. The van der Waals surface area contributed by atoms with Gasteiger partial charge < -0.3 is 24.6 Å². The normalized spacial score (nSPS) is 13.8. The Morgan fingerprint density at radius 2 is 0.860 bits per heavy atom. The summed E-state index contributed by atoms with van der Waals surface area (Å²) in [6.07, 6.45) is 41.8. The Morgan fingerprint density at radius 3 is 1.28 bits per heavy atom. The molecule has 0 saturated carbocycles. The monoisotopic (exact) mass is 833 g/mol. The topological polar surface area (TPSA) is 149 Å². The van der Waals surface area contributed by atoms with E-state index in [1.54, 1.807) is 0 Å². The Labute approximate surface area is 349 Å². The summed E-state index contributed by atoms with van der Waals surface area (Å²) in [5.74, 6) is -0.931. The minimum atomic E-state index is -4.62. The number of rotatable bonds is 45. The standard InChI is InChI=1S/C46H89O10P/c1-3-5-7-9-11-13-15-17-18-19-20-21-22-23-24-26-28-30-32-34-36-38-46(50)56-44(42-55-57(51,52)54-40-43(48)39-47)41-53-45(49)37-35-33-31-29-27-25-16-14-12-10-8-6-4-2/h25,27,43-44,47-48H,3-24,26,28-42H2,1-2H3,(H,51,52)/b27-25+/t43-,44+/m0/s1. The maximum Gasteiger partial charge on any atom is 0.472 e. The number of allylic oxidation sites excluding steroid dienone is 2. The maximum atomic E-state index is 12.6. The van der Waals surface area contributed by atoms with Gasteiger partial charge in [0.15, 0.2) is 6.10 Å². The number of ether oxygens (including phenoxy) is 2. The molecule has 0 radical (unpaired) electrons. The van der Waals surface area contributed by atoms with E-state index in [2.05, 4.69) is 26.0 Å². The van der Waals surface area contributed by atoms with Gasteiger partial charge in [-0.1, -0.05) is 193 Å². The Hall–Kier alpha value is -1.29. The highest BCUT2D eigenvalue weighted by molar-refractivity contribution is 7.47. The van der Waals surface area contributed by atoms with Crippen molar-refractivity contribution in [2.45, 2.75) is 244 Å². The van der Waals surface area contributed by atoms with Crippen LogP contribution in [0.1, 0.15) is 232 Å². The van der Waals surface area contributed by atoms with Crippen molar-refractivity contribution in [3.8, 4) is 0 Å². The van der Waals surface area contributed by atoms with Gasteiger partial charge in [-0.2, -0.15) is 0 Å². The third-order valence-electron chi connectivity index (χ3n) is 10.4. The van der Waals surface area contributed by atoms with Crippen LogP contribution in [-0.2, 0) is 32.7 Å². The van der Waals surface area contributed by atoms with Crippen LogP contribution in [0.3, 0.4) is 0 Å². The van der Waals surface area contributed by atoms with Crippen molar-refractivity contribution in [3.63, 3.8) is 0 Å². The molecule has 0 aliphatic carbocycles. The third kappa shape index (κ3) is 42.6. The van der Waals surface area contributed by atoms with Gasteiger partial charge >= 0.3 is 19.8 Å². The molecule has 338 valence electrons. The molecular weight excluding hydrogens is 743 g/mol. The summed E-state index contributed by atoms with van der Waals surface area (Å²) in [4.78, 5) is 35.0. The maximum absolute atomic E-state index is 12.6. The Balaban J connectivity index is 4.17. The van der Waals surface area contributed by atoms with E-state index in [0.29, 0.717) is 12.8 Å². The van der Waals surface area contributed by atoms with Crippen molar-refractivity contribution in [1.82, 2.24) is 0 Å². The zero-order valence-corrected chi connectivity index (χ0v) is 37.7. The molecule has 57 heavy (non-hydrogen) atoms. The van der Waals surface area contributed by atoms with Crippen molar-refractivity contribution in [3.05, 3.63) is 12.2 Å². The summed E-state index contributed by atoms with van der Waals surface area (Å²) in [6.45, 7) is 2.39. The van der Waals surface area contributed by atoms with Crippen molar-refractivity contribution in [1.29, 1.82) is 0 Å². The summed E-state index contributed by atoms with van der Waals surface area (Å²) in [5, 5.41) is 18.3. The fraction of sp³-hybridized carbons (Fsp3) is 0.913. The predicted molar refractivity (Wildman–Crippen MR) is 233 cm³/mol. The fourth-order valence-corrected chi connectivity index (χ4v) is 7.54. The van der Waals surface area contributed by atoms with Crippen LogP contribution in [0.5, 0.6) is 0 Å². The molecule has 0 spiro atoms. The second-order valence-electron chi connectivity index (χ2n) is 16.1. The van der Waals surface area contributed by atoms with E-state index in [9.17, 15) is 24.2 Å². The number of carbonyl (C=O) groups excluding carboxylic acids is 2. The van der Waals surface area contributed by atoms with E-state index in [4.69, 9.17) is 23.6 Å². The van der Waals surface area contributed by atoms with Crippen LogP contribution in [0.2, 0.25) is 0 Å². The molecule has 0 aliphatic rings. The van der Waals surface area contributed by atoms with Crippen molar-refractivity contribution in [2.75, 3.05) is 26.4 Å². The van der Waals surface area contributed by atoms with E-state index in [1.807, 2.05) is 0 Å². The summed E-state index contributed by atoms with van der Waals surface area (Å²) in [7, 11) is -4.62. The second kappa shape index (κ2) is 42.8. The zero-order valence-electron chi connectivity index (χ0n) is 36.8. The lowest BCUT2D eigenvalue weighted by Gasteiger charge is -2.20. The van der Waals surface area contributed by atoms with Crippen LogP contribution >= 0.6 is 7.82 Å². The minimum Gasteiger partial charge on any atom is -0.462 e. The first-order chi connectivity index (χ1) is 27.7. The number of unbranched alkanes of at least 4 members (excludes halogenated alkanes) is 29. The molecule has 3 atom stereocenters. The van der Waals surface area contributed by atoms with Crippen LogP contribution in [0.4, 0.5) is 0 Å². The van der Waals surface area contributed by atoms with E-state index < -0.39 is 51.8 Å². The summed E-state index contributed by atoms with van der Waals surface area (Å²) in [5.41, 5.74) is 0. The lowest BCUT2D eigenvalue weighted by Crippen LogP contribution is -2.29. The molecule has 0 aliphatic heterocycles. The van der Waals surface area contributed by atoms with Gasteiger partial charge in [-0.25, -0.2) is 4.57 Å². The smallest absolute Gasteiger partial charge is 0.462 e. The number of esters is 2. The second-order valence-corrected chi connectivity index (χ2v) is 17.6.